The maximum absolute atomic E-state index is 11.5. The molecule has 2 aromatic carbocycles. The second-order valence-electron chi connectivity index (χ2n) is 4.32. The lowest BCUT2D eigenvalue weighted by Crippen LogP contribution is -2.00. The normalized spacial score (nSPS) is 11.6. The van der Waals surface area contributed by atoms with E-state index in [4.69, 9.17) is 11.0 Å². The van der Waals surface area contributed by atoms with Crippen LogP contribution in [-0.2, 0) is 19.5 Å². The van der Waals surface area contributed by atoms with Gasteiger partial charge in [-0.2, -0.15) is 8.42 Å². The number of aliphatic imine (C=N–C) groups is 2. The van der Waals surface area contributed by atoms with Gasteiger partial charge in [0.25, 0.3) is 10.1 Å². The molecular weight excluding hydrogens is 362 g/mol. The van der Waals surface area contributed by atoms with Crippen LogP contribution in [0.25, 0.3) is 10.8 Å². The van der Waals surface area contributed by atoms with Gasteiger partial charge in [-0.1, -0.05) is 5.04 Å². The SMILES string of the molecule is C=Nc1c(SOOO)cc2cc(S(=O)(=O)O)c(N=C)c(O)c2c1N. The minimum Gasteiger partial charge on any atom is -0.505 e. The molecule has 2 aromatic rings. The molecule has 0 radical (unpaired) electrons. The predicted octanol–water partition coefficient (Wildman–Crippen LogP) is 2.47. The summed E-state index contributed by atoms with van der Waals surface area (Å²) in [6.45, 7) is 6.51. The standard InChI is InChI=1S/C12H11N3O7S2/c1-14-10-6(23-22-21-17)3-5-4-7(24(18,19)20)11(15-2)12(16)8(5)9(10)13/h3-4,16-17H,1-2,13H2,(H,18,19,20). The van der Waals surface area contributed by atoms with Crippen molar-refractivity contribution >= 4 is 63.4 Å². The number of nitrogens with two attached hydrogens (primary N) is 1. The fourth-order valence-corrected chi connectivity index (χ4v) is 3.35. The van der Waals surface area contributed by atoms with E-state index >= 15 is 0 Å². The minimum atomic E-state index is -4.69. The number of phenols is 1. The van der Waals surface area contributed by atoms with E-state index in [9.17, 15) is 18.1 Å². The molecule has 0 fully saturated rings. The van der Waals surface area contributed by atoms with Gasteiger partial charge in [0.15, 0.2) is 5.75 Å². The van der Waals surface area contributed by atoms with E-state index < -0.39 is 26.5 Å². The molecule has 24 heavy (non-hydrogen) atoms. The van der Waals surface area contributed by atoms with Crippen molar-refractivity contribution in [3.05, 3.63) is 12.1 Å². The molecule has 0 spiro atoms. The van der Waals surface area contributed by atoms with Gasteiger partial charge in [-0.05, 0) is 31.0 Å². The van der Waals surface area contributed by atoms with E-state index in [1.165, 1.54) is 6.07 Å². The van der Waals surface area contributed by atoms with Gasteiger partial charge in [0.1, 0.15) is 16.3 Å². The van der Waals surface area contributed by atoms with Crippen molar-refractivity contribution in [3.63, 3.8) is 0 Å². The highest BCUT2D eigenvalue weighted by Gasteiger charge is 2.24. The van der Waals surface area contributed by atoms with Crippen LogP contribution in [-0.4, -0.2) is 36.8 Å². The summed E-state index contributed by atoms with van der Waals surface area (Å²) < 4.78 is 36.6. The lowest BCUT2D eigenvalue weighted by atomic mass is 10.0. The van der Waals surface area contributed by atoms with Crippen LogP contribution in [0, 0.1) is 0 Å². The number of hydrogen-bond acceptors (Lipinski definition) is 10. The molecule has 0 amide bonds. The first kappa shape index (κ1) is 18.1. The Hall–Kier alpha value is -2.22. The zero-order valence-electron chi connectivity index (χ0n) is 11.8. The van der Waals surface area contributed by atoms with Gasteiger partial charge in [-0.15, -0.1) is 4.33 Å². The quantitative estimate of drug-likeness (QED) is 0.149. The Balaban J connectivity index is 2.96. The van der Waals surface area contributed by atoms with E-state index in [0.717, 1.165) is 6.07 Å². The Morgan fingerprint density at radius 3 is 2.33 bits per heavy atom. The van der Waals surface area contributed by atoms with E-state index in [-0.39, 0.29) is 27.0 Å². The Kier molecular flexibility index (Phi) is 5.08. The number of nitrogens with zero attached hydrogens (tertiary/aromatic N) is 2. The summed E-state index contributed by atoms with van der Waals surface area (Å²) in [5, 5.41) is 22.2. The maximum atomic E-state index is 11.5. The third-order valence-corrected chi connectivity index (χ3v) is 4.55. The first-order valence-corrected chi connectivity index (χ1v) is 8.12. The lowest BCUT2D eigenvalue weighted by Gasteiger charge is -2.14. The summed E-state index contributed by atoms with van der Waals surface area (Å²) in [7, 11) is -4.69. The number of benzene rings is 2. The molecule has 128 valence electrons. The van der Waals surface area contributed by atoms with E-state index in [0.29, 0.717) is 12.0 Å². The summed E-state index contributed by atoms with van der Waals surface area (Å²) in [5.74, 6) is -0.603. The monoisotopic (exact) mass is 373 g/mol. The van der Waals surface area contributed by atoms with Gasteiger partial charge in [0, 0.05) is 0 Å². The van der Waals surface area contributed by atoms with Crippen LogP contribution in [0.1, 0.15) is 0 Å². The van der Waals surface area contributed by atoms with Gasteiger partial charge in [0.2, 0.25) is 0 Å². The third-order valence-electron chi connectivity index (χ3n) is 3.06. The largest absolute Gasteiger partial charge is 0.505 e. The second kappa shape index (κ2) is 6.72. The predicted molar refractivity (Wildman–Crippen MR) is 88.9 cm³/mol. The number of rotatable bonds is 6. The van der Waals surface area contributed by atoms with Gasteiger partial charge >= 0.3 is 0 Å². The van der Waals surface area contributed by atoms with Crippen molar-refractivity contribution in [2.75, 3.05) is 5.73 Å². The van der Waals surface area contributed by atoms with Crippen molar-refractivity contribution in [3.8, 4) is 5.75 Å². The molecule has 10 nitrogen and oxygen atoms in total. The van der Waals surface area contributed by atoms with Crippen LogP contribution in [0.3, 0.4) is 0 Å². The molecule has 0 saturated carbocycles. The summed E-state index contributed by atoms with van der Waals surface area (Å²) in [5.41, 5.74) is 5.52. The van der Waals surface area contributed by atoms with Gasteiger partial charge in [0.05, 0.1) is 28.0 Å². The first-order chi connectivity index (χ1) is 11.3. The van der Waals surface area contributed by atoms with Crippen molar-refractivity contribution in [1.29, 1.82) is 0 Å². The summed E-state index contributed by atoms with van der Waals surface area (Å²) in [4.78, 5) is 6.68. The van der Waals surface area contributed by atoms with Crippen LogP contribution in [0.2, 0.25) is 0 Å². The topological polar surface area (TPSA) is 164 Å². The number of phenolic OH excluding ortho intramolecular Hbond substituents is 1. The number of fused-ring (bicyclic) bond motifs is 1. The fraction of sp³-hybridized carbons (Fsp3) is 0. The molecular formula is C12H11N3O7S2. The highest BCUT2D eigenvalue weighted by Crippen LogP contribution is 2.48. The maximum Gasteiger partial charge on any atom is 0.296 e. The fourth-order valence-electron chi connectivity index (χ4n) is 2.14. The first-order valence-electron chi connectivity index (χ1n) is 5.94. The summed E-state index contributed by atoms with van der Waals surface area (Å²) >= 11 is 0.514. The number of anilines is 1. The van der Waals surface area contributed by atoms with Crippen LogP contribution >= 0.6 is 12.0 Å². The highest BCUT2D eigenvalue weighted by molar-refractivity contribution is 7.94. The average Bonchev–Trinajstić information content (AvgIpc) is 2.51. The molecule has 0 saturated heterocycles. The molecule has 0 unspecified atom stereocenters. The Bertz CT molecular complexity index is 944. The van der Waals surface area contributed by atoms with Crippen molar-refractivity contribution in [1.82, 2.24) is 0 Å². The van der Waals surface area contributed by atoms with E-state index in [1.54, 1.807) is 0 Å². The number of nitrogen functional groups attached to an aromatic ring is 1. The zero-order valence-corrected chi connectivity index (χ0v) is 13.5. The Labute approximate surface area is 140 Å². The number of hydrogen-bond donors (Lipinski definition) is 4. The molecule has 0 heterocycles. The molecule has 0 aliphatic rings. The summed E-state index contributed by atoms with van der Waals surface area (Å²) in [6.07, 6.45) is 0. The van der Waals surface area contributed by atoms with Crippen LogP contribution in [0.5, 0.6) is 5.75 Å². The van der Waals surface area contributed by atoms with Crippen molar-refractivity contribution < 1.29 is 32.7 Å². The molecule has 2 rings (SSSR count). The van der Waals surface area contributed by atoms with E-state index in [2.05, 4.69) is 32.8 Å². The Morgan fingerprint density at radius 2 is 1.83 bits per heavy atom. The smallest absolute Gasteiger partial charge is 0.296 e. The molecule has 5 N–H and O–H groups in total. The third kappa shape index (κ3) is 3.06. The molecule has 0 aliphatic carbocycles. The van der Waals surface area contributed by atoms with Crippen LogP contribution < -0.4 is 5.73 Å². The lowest BCUT2D eigenvalue weighted by molar-refractivity contribution is -0.432. The van der Waals surface area contributed by atoms with Crippen molar-refractivity contribution in [2.45, 2.75) is 9.79 Å². The minimum absolute atomic E-state index is 0.0291. The second-order valence-corrected chi connectivity index (χ2v) is 6.46. The van der Waals surface area contributed by atoms with Crippen molar-refractivity contribution in [2.24, 2.45) is 9.98 Å². The summed E-state index contributed by atoms with van der Waals surface area (Å²) in [6, 6.07) is 2.38. The molecule has 0 aliphatic heterocycles. The van der Waals surface area contributed by atoms with Crippen LogP contribution in [0.15, 0.2) is 31.9 Å². The van der Waals surface area contributed by atoms with Crippen LogP contribution in [0.4, 0.5) is 17.1 Å². The Morgan fingerprint density at radius 1 is 1.21 bits per heavy atom. The van der Waals surface area contributed by atoms with Gasteiger partial charge in [-0.3, -0.25) is 14.5 Å². The van der Waals surface area contributed by atoms with Gasteiger partial charge < -0.3 is 10.8 Å². The zero-order chi connectivity index (χ0) is 18.1. The average molecular weight is 373 g/mol. The molecule has 0 atom stereocenters. The van der Waals surface area contributed by atoms with Gasteiger partial charge in [-0.25, -0.2) is 5.26 Å². The number of aromatic hydroxyl groups is 1. The van der Waals surface area contributed by atoms with E-state index in [1.807, 2.05) is 0 Å². The molecule has 12 heteroatoms. The highest BCUT2D eigenvalue weighted by atomic mass is 32.2. The molecule has 0 aromatic heterocycles. The molecule has 0 bridgehead atoms.